The second-order valence-electron chi connectivity index (χ2n) is 4.64. The van der Waals surface area contributed by atoms with E-state index in [1.165, 1.54) is 28.1 Å². The molecule has 0 spiro atoms. The molecule has 0 saturated carbocycles. The van der Waals surface area contributed by atoms with Crippen LogP contribution < -0.4 is 4.90 Å². The van der Waals surface area contributed by atoms with Crippen molar-refractivity contribution in [3.05, 3.63) is 59.2 Å². The van der Waals surface area contributed by atoms with Crippen LogP contribution in [0.3, 0.4) is 0 Å². The molecular weight excluding hydrogens is 230 g/mol. The molecule has 0 saturated heterocycles. The van der Waals surface area contributed by atoms with Crippen molar-refractivity contribution in [2.24, 2.45) is 0 Å². The van der Waals surface area contributed by atoms with Crippen LogP contribution in [0.25, 0.3) is 0 Å². The van der Waals surface area contributed by atoms with Gasteiger partial charge in [0.05, 0.1) is 0 Å². The molecule has 0 aliphatic heterocycles. The molecule has 0 bridgehead atoms. The number of rotatable bonds is 2. The third-order valence-corrected chi connectivity index (χ3v) is 3.20. The van der Waals surface area contributed by atoms with Crippen LogP contribution in [0.15, 0.2) is 42.5 Å². The number of hydrogen-bond donors (Lipinski definition) is 0. The largest absolute Gasteiger partial charge is 0.344 e. The van der Waals surface area contributed by atoms with Crippen molar-refractivity contribution >= 4 is 11.4 Å². The van der Waals surface area contributed by atoms with Crippen LogP contribution in [0.1, 0.15) is 30.5 Å². The Morgan fingerprint density at radius 3 is 1.95 bits per heavy atom. The molecular formula is C18H25N. The van der Waals surface area contributed by atoms with Crippen LogP contribution >= 0.6 is 0 Å². The Morgan fingerprint density at radius 1 is 0.737 bits per heavy atom. The summed E-state index contributed by atoms with van der Waals surface area (Å²) in [7, 11) is 2.13. The lowest BCUT2D eigenvalue weighted by molar-refractivity contribution is 1.16. The zero-order chi connectivity index (χ0) is 14.4. The molecule has 1 heteroatoms. The molecule has 0 aliphatic carbocycles. The van der Waals surface area contributed by atoms with Gasteiger partial charge in [0.1, 0.15) is 0 Å². The number of anilines is 2. The van der Waals surface area contributed by atoms with Gasteiger partial charge in [-0.2, -0.15) is 0 Å². The van der Waals surface area contributed by atoms with Gasteiger partial charge in [-0.1, -0.05) is 44.2 Å². The van der Waals surface area contributed by atoms with Crippen molar-refractivity contribution < 1.29 is 0 Å². The summed E-state index contributed by atoms with van der Waals surface area (Å²) in [6.45, 7) is 10.4. The lowest BCUT2D eigenvalue weighted by Gasteiger charge is -2.23. The predicted molar refractivity (Wildman–Crippen MR) is 86.5 cm³/mol. The van der Waals surface area contributed by atoms with Crippen LogP contribution in [0.5, 0.6) is 0 Å². The van der Waals surface area contributed by atoms with E-state index in [-0.39, 0.29) is 0 Å². The van der Waals surface area contributed by atoms with E-state index in [1.807, 2.05) is 13.8 Å². The van der Waals surface area contributed by atoms with E-state index in [1.54, 1.807) is 0 Å². The Morgan fingerprint density at radius 2 is 1.32 bits per heavy atom. The van der Waals surface area contributed by atoms with Gasteiger partial charge >= 0.3 is 0 Å². The average Bonchev–Trinajstić information content (AvgIpc) is 2.43. The molecule has 0 amide bonds. The van der Waals surface area contributed by atoms with Crippen LogP contribution in [0, 0.1) is 20.8 Å². The molecule has 0 heterocycles. The SMILES string of the molecule is CC.Cc1ccc(C)c(N(C)c2ccccc2C)c1. The number of aryl methyl sites for hydroxylation is 3. The zero-order valence-corrected chi connectivity index (χ0v) is 13.0. The number of para-hydroxylation sites is 1. The van der Waals surface area contributed by atoms with Gasteiger partial charge < -0.3 is 4.90 Å². The highest BCUT2D eigenvalue weighted by molar-refractivity contribution is 5.68. The van der Waals surface area contributed by atoms with Gasteiger partial charge in [0.2, 0.25) is 0 Å². The van der Waals surface area contributed by atoms with Crippen molar-refractivity contribution in [3.8, 4) is 0 Å². The maximum absolute atomic E-state index is 2.26. The van der Waals surface area contributed by atoms with Crippen LogP contribution in [0.2, 0.25) is 0 Å². The average molecular weight is 255 g/mol. The van der Waals surface area contributed by atoms with E-state index in [2.05, 4.69) is 75.2 Å². The monoisotopic (exact) mass is 255 g/mol. The van der Waals surface area contributed by atoms with Crippen LogP contribution in [-0.2, 0) is 0 Å². The Balaban J connectivity index is 0.000000861. The molecule has 0 fully saturated rings. The highest BCUT2D eigenvalue weighted by atomic mass is 15.1. The van der Waals surface area contributed by atoms with Gasteiger partial charge in [-0.25, -0.2) is 0 Å². The summed E-state index contributed by atoms with van der Waals surface area (Å²) >= 11 is 0. The minimum Gasteiger partial charge on any atom is -0.344 e. The molecule has 19 heavy (non-hydrogen) atoms. The lowest BCUT2D eigenvalue weighted by atomic mass is 10.1. The topological polar surface area (TPSA) is 3.24 Å². The van der Waals surface area contributed by atoms with E-state index >= 15 is 0 Å². The van der Waals surface area contributed by atoms with Crippen LogP contribution in [0.4, 0.5) is 11.4 Å². The molecule has 0 unspecified atom stereocenters. The molecule has 0 atom stereocenters. The Labute approximate surface area is 117 Å². The van der Waals surface area contributed by atoms with Gasteiger partial charge in [-0.15, -0.1) is 0 Å². The highest BCUT2D eigenvalue weighted by Gasteiger charge is 2.08. The van der Waals surface area contributed by atoms with Crippen molar-refractivity contribution in [3.63, 3.8) is 0 Å². The highest BCUT2D eigenvalue weighted by Crippen LogP contribution is 2.29. The Kier molecular flexibility index (Phi) is 5.62. The first-order valence-electron chi connectivity index (χ1n) is 6.96. The first-order chi connectivity index (χ1) is 9.09. The van der Waals surface area contributed by atoms with Gasteiger partial charge in [0.15, 0.2) is 0 Å². The molecule has 2 aromatic rings. The maximum atomic E-state index is 2.26. The normalized spacial score (nSPS) is 9.58. The fourth-order valence-electron chi connectivity index (χ4n) is 2.15. The molecule has 0 aromatic heterocycles. The fourth-order valence-corrected chi connectivity index (χ4v) is 2.15. The minimum absolute atomic E-state index is 1.27. The summed E-state index contributed by atoms with van der Waals surface area (Å²) in [6, 6.07) is 15.1. The molecule has 0 radical (unpaired) electrons. The Bertz CT molecular complexity index is 529. The number of nitrogens with zero attached hydrogens (tertiary/aromatic N) is 1. The molecule has 1 nitrogen and oxygen atoms in total. The van der Waals surface area contributed by atoms with Gasteiger partial charge in [0.25, 0.3) is 0 Å². The summed E-state index contributed by atoms with van der Waals surface area (Å²) in [6.07, 6.45) is 0. The predicted octanol–water partition coefficient (Wildman–Crippen LogP) is 5.41. The first-order valence-corrected chi connectivity index (χ1v) is 6.96. The number of hydrogen-bond acceptors (Lipinski definition) is 1. The molecule has 0 N–H and O–H groups in total. The standard InChI is InChI=1S/C16H19N.C2H6/c1-12-9-10-14(3)16(11-12)17(4)15-8-6-5-7-13(15)2;1-2/h5-11H,1-4H3;1-2H3. The van der Waals surface area contributed by atoms with Gasteiger partial charge in [0, 0.05) is 18.4 Å². The van der Waals surface area contributed by atoms with Crippen molar-refractivity contribution in [1.29, 1.82) is 0 Å². The van der Waals surface area contributed by atoms with E-state index < -0.39 is 0 Å². The van der Waals surface area contributed by atoms with Crippen molar-refractivity contribution in [1.82, 2.24) is 0 Å². The summed E-state index contributed by atoms with van der Waals surface area (Å²) < 4.78 is 0. The third-order valence-electron chi connectivity index (χ3n) is 3.20. The molecule has 2 rings (SSSR count). The van der Waals surface area contributed by atoms with E-state index in [4.69, 9.17) is 0 Å². The second-order valence-corrected chi connectivity index (χ2v) is 4.64. The van der Waals surface area contributed by atoms with Gasteiger partial charge in [-0.05, 0) is 49.6 Å². The molecule has 2 aromatic carbocycles. The minimum atomic E-state index is 1.27. The first kappa shape index (κ1) is 15.3. The van der Waals surface area contributed by atoms with Crippen LogP contribution in [-0.4, -0.2) is 7.05 Å². The Hall–Kier alpha value is -1.76. The van der Waals surface area contributed by atoms with Gasteiger partial charge in [-0.3, -0.25) is 0 Å². The third kappa shape index (κ3) is 3.60. The smallest absolute Gasteiger partial charge is 0.0440 e. The fraction of sp³-hybridized carbons (Fsp3) is 0.333. The summed E-state index contributed by atoms with van der Waals surface area (Å²) in [5.74, 6) is 0. The molecule has 0 aliphatic rings. The summed E-state index contributed by atoms with van der Waals surface area (Å²) in [5, 5.41) is 0. The van der Waals surface area contributed by atoms with E-state index in [0.717, 1.165) is 0 Å². The molecule has 102 valence electrons. The van der Waals surface area contributed by atoms with E-state index in [9.17, 15) is 0 Å². The summed E-state index contributed by atoms with van der Waals surface area (Å²) in [5.41, 5.74) is 6.45. The maximum Gasteiger partial charge on any atom is 0.0440 e. The zero-order valence-electron chi connectivity index (χ0n) is 13.0. The van der Waals surface area contributed by atoms with Crippen molar-refractivity contribution in [2.75, 3.05) is 11.9 Å². The lowest BCUT2D eigenvalue weighted by Crippen LogP contribution is -2.12. The summed E-state index contributed by atoms with van der Waals surface area (Å²) in [4.78, 5) is 2.26. The number of benzene rings is 2. The van der Waals surface area contributed by atoms with E-state index in [0.29, 0.717) is 0 Å². The second kappa shape index (κ2) is 6.98. The van der Waals surface area contributed by atoms with Crippen molar-refractivity contribution in [2.45, 2.75) is 34.6 Å². The quantitative estimate of drug-likeness (QED) is 0.694.